The highest BCUT2D eigenvalue weighted by Crippen LogP contribution is 2.19. The molecule has 6 heteroatoms. The minimum Gasteiger partial charge on any atom is -0.320 e. The maximum atomic E-state index is 4.54. The van der Waals surface area contributed by atoms with Crippen molar-refractivity contribution in [1.82, 2.24) is 15.0 Å². The van der Waals surface area contributed by atoms with Crippen molar-refractivity contribution >= 4 is 11.9 Å². The summed E-state index contributed by atoms with van der Waals surface area (Å²) in [6, 6.07) is 0. The van der Waals surface area contributed by atoms with Crippen LogP contribution in [-0.2, 0) is 4.84 Å². The lowest BCUT2D eigenvalue weighted by Gasteiger charge is -1.99. The minimum absolute atomic E-state index is 0.662. The van der Waals surface area contributed by atoms with Crippen LogP contribution in [0.15, 0.2) is 29.0 Å². The maximum Gasteiger partial charge on any atom is 0.422 e. The predicted molar refractivity (Wildman–Crippen MR) is 35.4 cm³/mol. The Balaban J connectivity index is 2.06. The Bertz CT molecular complexity index is 215. The zero-order valence-corrected chi connectivity index (χ0v) is 5.71. The highest BCUT2D eigenvalue weighted by molar-refractivity contribution is 8.00. The molecular formula is C4H4N4OS+. The van der Waals surface area contributed by atoms with Crippen LogP contribution in [0.5, 0.6) is 0 Å². The van der Waals surface area contributed by atoms with E-state index in [-0.39, 0.29) is 0 Å². The number of nitrogens with one attached hydrogen (secondary N) is 1. The first kappa shape index (κ1) is 5.60. The Kier molecular flexibility index (Phi) is 1.24. The van der Waals surface area contributed by atoms with Gasteiger partial charge in [0.05, 0.1) is 0 Å². The molecule has 5 nitrogen and oxygen atoms in total. The molecule has 0 saturated carbocycles. The molecule has 0 spiro atoms. The SMILES string of the molecule is C1=CSN(C2=CON=[N+]2)N1. The number of hydrogen-bond donors (Lipinski definition) is 1. The molecule has 0 aliphatic carbocycles. The van der Waals surface area contributed by atoms with E-state index in [2.05, 4.69) is 20.7 Å². The van der Waals surface area contributed by atoms with Gasteiger partial charge in [0.1, 0.15) is 17.1 Å². The third kappa shape index (κ3) is 0.820. The molecule has 2 aliphatic rings. The van der Waals surface area contributed by atoms with Crippen LogP contribution >= 0.6 is 11.9 Å². The van der Waals surface area contributed by atoms with Gasteiger partial charge in [-0.15, -0.1) is 0 Å². The smallest absolute Gasteiger partial charge is 0.320 e. The van der Waals surface area contributed by atoms with Crippen molar-refractivity contribution in [2.45, 2.75) is 0 Å². The van der Waals surface area contributed by atoms with Gasteiger partial charge in [-0.3, -0.25) is 0 Å². The van der Waals surface area contributed by atoms with Crippen molar-refractivity contribution in [2.75, 3.05) is 0 Å². The summed E-state index contributed by atoms with van der Waals surface area (Å²) >= 11 is 1.48. The number of hydrogen-bond acceptors (Lipinski definition) is 6. The summed E-state index contributed by atoms with van der Waals surface area (Å²) in [7, 11) is 0. The lowest BCUT2D eigenvalue weighted by molar-refractivity contribution is 0.254. The molecule has 0 unspecified atom stereocenters. The Morgan fingerprint density at radius 2 is 2.80 bits per heavy atom. The molecule has 2 heterocycles. The molecule has 0 aromatic carbocycles. The zero-order chi connectivity index (χ0) is 6.81. The summed E-state index contributed by atoms with van der Waals surface area (Å²) in [6.45, 7) is 0. The first-order chi connectivity index (χ1) is 4.97. The molecule has 51 valence electrons. The number of nitrogens with zero attached hydrogens (tertiary/aromatic N) is 3. The molecule has 0 bridgehead atoms. The van der Waals surface area contributed by atoms with Gasteiger partial charge in [0.15, 0.2) is 5.28 Å². The van der Waals surface area contributed by atoms with E-state index in [9.17, 15) is 0 Å². The third-order valence-corrected chi connectivity index (χ3v) is 1.74. The summed E-state index contributed by atoms with van der Waals surface area (Å²) in [5.74, 6) is 0.662. The van der Waals surface area contributed by atoms with E-state index in [1.54, 1.807) is 10.6 Å². The van der Waals surface area contributed by atoms with Crippen LogP contribution in [-0.4, -0.2) is 4.41 Å². The van der Waals surface area contributed by atoms with Crippen LogP contribution in [0.25, 0.3) is 0 Å². The molecule has 1 N–H and O–H groups in total. The average Bonchev–Trinajstić information content (AvgIpc) is 2.59. The highest BCUT2D eigenvalue weighted by Gasteiger charge is 2.27. The Morgan fingerprint density at radius 1 is 1.80 bits per heavy atom. The molecule has 1 radical (unpaired) electrons. The normalized spacial score (nSPS) is 20.8. The number of rotatable bonds is 1. The lowest BCUT2D eigenvalue weighted by atomic mass is 10.8. The summed E-state index contributed by atoms with van der Waals surface area (Å²) in [4.78, 5) is 4.54. The van der Waals surface area contributed by atoms with Crippen molar-refractivity contribution in [2.24, 2.45) is 5.28 Å². The second-order valence-electron chi connectivity index (χ2n) is 1.59. The molecule has 10 heavy (non-hydrogen) atoms. The van der Waals surface area contributed by atoms with Gasteiger partial charge >= 0.3 is 5.82 Å². The monoisotopic (exact) mass is 156 g/mol. The van der Waals surface area contributed by atoms with Crippen molar-refractivity contribution in [3.8, 4) is 0 Å². The van der Waals surface area contributed by atoms with Crippen LogP contribution in [0.4, 0.5) is 0 Å². The van der Waals surface area contributed by atoms with Gasteiger partial charge in [-0.05, 0) is 0 Å². The molecule has 0 aromatic rings. The van der Waals surface area contributed by atoms with E-state index in [4.69, 9.17) is 0 Å². The van der Waals surface area contributed by atoms with Crippen LogP contribution in [0.2, 0.25) is 0 Å². The van der Waals surface area contributed by atoms with E-state index < -0.39 is 0 Å². The second-order valence-corrected chi connectivity index (χ2v) is 2.44. The highest BCUT2D eigenvalue weighted by atomic mass is 32.2. The molecule has 0 amide bonds. The molecule has 0 atom stereocenters. The van der Waals surface area contributed by atoms with Gasteiger partial charge in [0.25, 0.3) is 0 Å². The summed E-state index contributed by atoms with van der Waals surface area (Å²) in [5, 5.41) is 8.90. The fourth-order valence-corrected chi connectivity index (χ4v) is 1.14. The second kappa shape index (κ2) is 2.22. The van der Waals surface area contributed by atoms with Gasteiger partial charge in [0.2, 0.25) is 6.26 Å². The van der Waals surface area contributed by atoms with E-state index in [1.807, 2.05) is 5.41 Å². The zero-order valence-electron chi connectivity index (χ0n) is 4.89. The van der Waals surface area contributed by atoms with Gasteiger partial charge in [-0.1, -0.05) is 4.41 Å². The molecule has 0 saturated heterocycles. The van der Waals surface area contributed by atoms with Crippen LogP contribution in [0, 0.1) is 0 Å². The quantitative estimate of drug-likeness (QED) is 0.560. The Morgan fingerprint density at radius 3 is 3.40 bits per heavy atom. The van der Waals surface area contributed by atoms with Crippen molar-refractivity contribution in [3.05, 3.63) is 23.7 Å². The van der Waals surface area contributed by atoms with Crippen molar-refractivity contribution < 1.29 is 4.84 Å². The first-order valence-corrected chi connectivity index (χ1v) is 3.45. The van der Waals surface area contributed by atoms with Gasteiger partial charge in [-0.2, -0.15) is 0 Å². The summed E-state index contributed by atoms with van der Waals surface area (Å²) in [6.07, 6.45) is 3.27. The molecule has 0 fully saturated rings. The van der Waals surface area contributed by atoms with E-state index in [0.717, 1.165) is 0 Å². The van der Waals surface area contributed by atoms with Gasteiger partial charge in [-0.25, -0.2) is 5.43 Å². The standard InChI is InChI=1S/C4H4N4OS/c1-2-10-8(5-1)4-3-9-7-6-4/h1-3,5H/q+1. The Hall–Kier alpha value is -1.17. The molecule has 2 aliphatic heterocycles. The third-order valence-electron chi connectivity index (χ3n) is 0.983. The summed E-state index contributed by atoms with van der Waals surface area (Å²) in [5.41, 5.74) is 2.91. The van der Waals surface area contributed by atoms with Crippen molar-refractivity contribution in [1.29, 1.82) is 0 Å². The van der Waals surface area contributed by atoms with E-state index >= 15 is 0 Å². The van der Waals surface area contributed by atoms with Crippen LogP contribution in [0.1, 0.15) is 0 Å². The lowest BCUT2D eigenvalue weighted by Crippen LogP contribution is -2.23. The first-order valence-electron chi connectivity index (χ1n) is 2.62. The fourth-order valence-electron chi connectivity index (χ4n) is 0.588. The van der Waals surface area contributed by atoms with Crippen molar-refractivity contribution in [3.63, 3.8) is 0 Å². The predicted octanol–water partition coefficient (Wildman–Crippen LogP) is 0.458. The number of hydrazine groups is 1. The van der Waals surface area contributed by atoms with Crippen LogP contribution in [0.3, 0.4) is 0 Å². The van der Waals surface area contributed by atoms with E-state index in [1.165, 1.54) is 18.2 Å². The Labute approximate surface area is 61.5 Å². The van der Waals surface area contributed by atoms with Gasteiger partial charge in [0, 0.05) is 11.6 Å². The van der Waals surface area contributed by atoms with Gasteiger partial charge < -0.3 is 4.84 Å². The topological polar surface area (TPSA) is 51.0 Å². The van der Waals surface area contributed by atoms with E-state index in [0.29, 0.717) is 5.82 Å². The molecular weight excluding hydrogens is 152 g/mol. The largest absolute Gasteiger partial charge is 0.422 e. The average molecular weight is 156 g/mol. The molecule has 2 rings (SSSR count). The maximum absolute atomic E-state index is 4.54. The minimum atomic E-state index is 0.662. The van der Waals surface area contributed by atoms with Crippen LogP contribution < -0.4 is 10.5 Å². The fraction of sp³-hybridized carbons (Fsp3) is 0. The molecule has 0 aromatic heterocycles. The summed E-state index contributed by atoms with van der Waals surface area (Å²) < 4.78 is 1.73.